The van der Waals surface area contributed by atoms with E-state index in [0.717, 1.165) is 5.65 Å². The highest BCUT2D eigenvalue weighted by Gasteiger charge is 2.22. The van der Waals surface area contributed by atoms with Crippen LogP contribution in [0.2, 0.25) is 0 Å². The van der Waals surface area contributed by atoms with Crippen molar-refractivity contribution in [1.29, 1.82) is 0 Å². The number of aromatic amines is 1. The quantitative estimate of drug-likeness (QED) is 0.865. The Balaban J connectivity index is 1.92. The molecule has 0 amide bonds. The summed E-state index contributed by atoms with van der Waals surface area (Å²) >= 11 is 1.81. The minimum Gasteiger partial charge on any atom is -0.497 e. The summed E-state index contributed by atoms with van der Waals surface area (Å²) in [4.78, 5) is 8.69. The maximum Gasteiger partial charge on any atom is 0.138 e. The zero-order chi connectivity index (χ0) is 11.0. The Morgan fingerprint density at radius 1 is 1.50 bits per heavy atom. The van der Waals surface area contributed by atoms with Gasteiger partial charge in [0.15, 0.2) is 0 Å². The lowest BCUT2D eigenvalue weighted by Gasteiger charge is -2.12. The lowest BCUT2D eigenvalue weighted by molar-refractivity contribution is 0.192. The lowest BCUT2D eigenvalue weighted by atomic mass is 10.3. The summed E-state index contributed by atoms with van der Waals surface area (Å²) in [6, 6.07) is 4.05. The highest BCUT2D eigenvalue weighted by molar-refractivity contribution is 8.00. The molecule has 0 saturated heterocycles. The molecule has 3 rings (SSSR count). The molecule has 0 aliphatic carbocycles. The largest absolute Gasteiger partial charge is 0.497 e. The summed E-state index contributed by atoms with van der Waals surface area (Å²) in [7, 11) is 0. The van der Waals surface area contributed by atoms with E-state index in [1.165, 1.54) is 10.3 Å². The minimum absolute atomic E-state index is 0.242. The first-order chi connectivity index (χ1) is 7.84. The second-order valence-electron chi connectivity index (χ2n) is 3.80. The molecule has 2 atom stereocenters. The van der Waals surface area contributed by atoms with Crippen LogP contribution in [0.25, 0.3) is 11.0 Å². The van der Waals surface area contributed by atoms with Crippen LogP contribution in [0.5, 0.6) is 0 Å². The Morgan fingerprint density at radius 3 is 3.25 bits per heavy atom. The van der Waals surface area contributed by atoms with E-state index < -0.39 is 0 Å². The van der Waals surface area contributed by atoms with Gasteiger partial charge >= 0.3 is 0 Å². The molecule has 0 saturated carbocycles. The number of ether oxygens (including phenoxy) is 1. The molecule has 0 bridgehead atoms. The first kappa shape index (κ1) is 9.78. The molecule has 2 aromatic rings. The normalized spacial score (nSPS) is 23.8. The average Bonchev–Trinajstić information content (AvgIpc) is 2.88. The van der Waals surface area contributed by atoms with Gasteiger partial charge in [0.25, 0.3) is 0 Å². The van der Waals surface area contributed by atoms with Crippen LogP contribution in [0, 0.1) is 0 Å². The third kappa shape index (κ3) is 1.59. The highest BCUT2D eigenvalue weighted by Crippen LogP contribution is 2.34. The summed E-state index contributed by atoms with van der Waals surface area (Å²) in [5.74, 6) is 0. The Morgan fingerprint density at radius 2 is 2.44 bits per heavy atom. The van der Waals surface area contributed by atoms with E-state index in [-0.39, 0.29) is 6.10 Å². The fourth-order valence-electron chi connectivity index (χ4n) is 1.79. The molecule has 1 aliphatic heterocycles. The van der Waals surface area contributed by atoms with Gasteiger partial charge < -0.3 is 9.72 Å². The number of hydrogen-bond donors (Lipinski definition) is 1. The maximum absolute atomic E-state index is 5.40. The smallest absolute Gasteiger partial charge is 0.138 e. The standard InChI is InChI=1S/C12H12N2OS/c1-8-10(4-6-15-8)16-11-7-14-12-9(11)3-2-5-13-12/h2-8,10H,1H3,(H,13,14). The predicted molar refractivity (Wildman–Crippen MR) is 65.4 cm³/mol. The number of fused-ring (bicyclic) bond motifs is 1. The van der Waals surface area contributed by atoms with Crippen LogP contribution in [0.15, 0.2) is 41.8 Å². The van der Waals surface area contributed by atoms with Crippen molar-refractivity contribution in [2.75, 3.05) is 0 Å². The predicted octanol–water partition coefficient (Wildman–Crippen LogP) is 2.96. The van der Waals surface area contributed by atoms with Crippen molar-refractivity contribution in [2.45, 2.75) is 23.2 Å². The van der Waals surface area contributed by atoms with E-state index in [1.807, 2.05) is 24.0 Å². The van der Waals surface area contributed by atoms with Gasteiger partial charge in [0.05, 0.1) is 11.5 Å². The first-order valence-electron chi connectivity index (χ1n) is 5.25. The van der Waals surface area contributed by atoms with E-state index in [0.29, 0.717) is 5.25 Å². The van der Waals surface area contributed by atoms with Crippen LogP contribution in [0.1, 0.15) is 6.92 Å². The van der Waals surface area contributed by atoms with Crippen molar-refractivity contribution in [2.24, 2.45) is 0 Å². The zero-order valence-electron chi connectivity index (χ0n) is 8.88. The van der Waals surface area contributed by atoms with E-state index >= 15 is 0 Å². The summed E-state index contributed by atoms with van der Waals surface area (Å²) in [5, 5.41) is 1.57. The molecular weight excluding hydrogens is 220 g/mol. The van der Waals surface area contributed by atoms with Gasteiger partial charge in [0, 0.05) is 22.7 Å². The SMILES string of the molecule is CC1OC=CC1Sc1c[nH]c2ncccc12. The van der Waals surface area contributed by atoms with Crippen molar-refractivity contribution >= 4 is 22.8 Å². The van der Waals surface area contributed by atoms with Gasteiger partial charge in [-0.25, -0.2) is 4.98 Å². The van der Waals surface area contributed by atoms with E-state index in [9.17, 15) is 0 Å². The van der Waals surface area contributed by atoms with Crippen molar-refractivity contribution in [3.63, 3.8) is 0 Å². The third-order valence-electron chi connectivity index (χ3n) is 2.70. The molecule has 1 aliphatic rings. The fraction of sp³-hybridized carbons (Fsp3) is 0.250. The number of nitrogens with zero attached hydrogens (tertiary/aromatic N) is 1. The van der Waals surface area contributed by atoms with Crippen molar-refractivity contribution in [3.05, 3.63) is 36.9 Å². The van der Waals surface area contributed by atoms with Gasteiger partial charge in [-0.1, -0.05) is 0 Å². The van der Waals surface area contributed by atoms with Gasteiger partial charge in [0.1, 0.15) is 11.8 Å². The van der Waals surface area contributed by atoms with Gasteiger partial charge in [-0.15, -0.1) is 11.8 Å². The molecule has 0 radical (unpaired) electrons. The van der Waals surface area contributed by atoms with Crippen molar-refractivity contribution in [3.8, 4) is 0 Å². The van der Waals surface area contributed by atoms with Gasteiger partial charge in [-0.3, -0.25) is 0 Å². The molecule has 4 heteroatoms. The molecule has 3 heterocycles. The Kier molecular flexibility index (Phi) is 2.36. The molecule has 82 valence electrons. The van der Waals surface area contributed by atoms with Gasteiger partial charge in [0.2, 0.25) is 0 Å². The molecule has 2 unspecified atom stereocenters. The van der Waals surface area contributed by atoms with Crippen LogP contribution in [0.3, 0.4) is 0 Å². The monoisotopic (exact) mass is 232 g/mol. The van der Waals surface area contributed by atoms with Gasteiger partial charge in [-0.05, 0) is 25.1 Å². The Labute approximate surface area is 97.9 Å². The van der Waals surface area contributed by atoms with Crippen molar-refractivity contribution < 1.29 is 4.74 Å². The number of nitrogens with one attached hydrogen (secondary N) is 1. The molecular formula is C12H12N2OS. The lowest BCUT2D eigenvalue weighted by Crippen LogP contribution is -2.13. The zero-order valence-corrected chi connectivity index (χ0v) is 9.70. The van der Waals surface area contributed by atoms with Crippen LogP contribution in [0.4, 0.5) is 0 Å². The molecule has 3 nitrogen and oxygen atoms in total. The number of aromatic nitrogens is 2. The molecule has 0 aromatic carbocycles. The fourth-order valence-corrected chi connectivity index (χ4v) is 2.90. The summed E-state index contributed by atoms with van der Waals surface area (Å²) in [6.45, 7) is 2.09. The first-order valence-corrected chi connectivity index (χ1v) is 6.13. The molecule has 0 spiro atoms. The van der Waals surface area contributed by atoms with Crippen LogP contribution in [-0.2, 0) is 4.74 Å². The van der Waals surface area contributed by atoms with E-state index in [2.05, 4.69) is 29.0 Å². The molecule has 16 heavy (non-hydrogen) atoms. The minimum atomic E-state index is 0.242. The second-order valence-corrected chi connectivity index (χ2v) is 5.02. The molecule has 0 fully saturated rings. The van der Waals surface area contributed by atoms with Gasteiger partial charge in [-0.2, -0.15) is 0 Å². The maximum atomic E-state index is 5.40. The topological polar surface area (TPSA) is 37.9 Å². The highest BCUT2D eigenvalue weighted by atomic mass is 32.2. The van der Waals surface area contributed by atoms with Crippen LogP contribution in [-0.4, -0.2) is 21.3 Å². The average molecular weight is 232 g/mol. The number of thioether (sulfide) groups is 1. The molecule has 2 aromatic heterocycles. The summed E-state index contributed by atoms with van der Waals surface area (Å²) in [5.41, 5.74) is 0.945. The summed E-state index contributed by atoms with van der Waals surface area (Å²) in [6.07, 6.45) is 7.95. The number of rotatable bonds is 2. The van der Waals surface area contributed by atoms with Crippen LogP contribution < -0.4 is 0 Å². The summed E-state index contributed by atoms with van der Waals surface area (Å²) < 4.78 is 5.40. The van der Waals surface area contributed by atoms with Crippen molar-refractivity contribution in [1.82, 2.24) is 9.97 Å². The van der Waals surface area contributed by atoms with E-state index in [4.69, 9.17) is 4.74 Å². The second kappa shape index (κ2) is 3.87. The Hall–Kier alpha value is -1.42. The number of pyridine rings is 1. The third-order valence-corrected chi connectivity index (χ3v) is 4.10. The Bertz CT molecular complexity index is 535. The number of H-pyrrole nitrogens is 1. The number of hydrogen-bond acceptors (Lipinski definition) is 3. The van der Waals surface area contributed by atoms with E-state index in [1.54, 1.807) is 12.5 Å². The van der Waals surface area contributed by atoms with Crippen LogP contribution >= 0.6 is 11.8 Å². The molecule has 1 N–H and O–H groups in total.